The van der Waals surface area contributed by atoms with Gasteiger partial charge in [0.1, 0.15) is 0 Å². The van der Waals surface area contributed by atoms with Crippen molar-refractivity contribution in [3.8, 4) is 11.8 Å². The lowest BCUT2D eigenvalue weighted by atomic mass is 9.73. The number of hydrogen-bond donors (Lipinski definition) is 1. The normalized spacial score (nSPS) is 37.6. The number of aliphatic hydroxyl groups is 1. The van der Waals surface area contributed by atoms with Crippen molar-refractivity contribution < 1.29 is 36.6 Å². The maximum Gasteiger partial charge on any atom is 0.344 e. The van der Waals surface area contributed by atoms with Gasteiger partial charge < -0.3 is 9.85 Å². The number of rotatable bonds is 8. The highest BCUT2D eigenvalue weighted by Gasteiger charge is 2.46. The van der Waals surface area contributed by atoms with Crippen LogP contribution in [-0.2, 0) is 15.1 Å². The molecule has 2 rings (SSSR count). The first-order valence-electron chi connectivity index (χ1n) is 16.4. The largest absolute Gasteiger partial charge is 0.450 e. The van der Waals surface area contributed by atoms with Crippen molar-refractivity contribution in [3.63, 3.8) is 0 Å². The van der Waals surface area contributed by atoms with E-state index in [1.165, 1.54) is 0 Å². The van der Waals surface area contributed by atoms with Gasteiger partial charge in [0, 0.05) is 21.0 Å². The molecule has 1 aliphatic rings. The van der Waals surface area contributed by atoms with Gasteiger partial charge in [-0.2, -0.15) is 0 Å². The molecule has 1 saturated carbocycles. The first-order valence-corrected chi connectivity index (χ1v) is 7.97. The molecule has 1 unspecified atom stereocenters. The Morgan fingerprint density at radius 1 is 1.35 bits per heavy atom. The fourth-order valence-electron chi connectivity index (χ4n) is 2.05. The SMILES string of the molecule is [2H]OC(C(=O)OCC#CCN(CC)CC)(c1c([2H])c([2H])c([2H])c([2H])c1[2H])C1([2H])C([2H])([2H])C([2H])([2H])C([2H])([2H])C([2H])([2H])C1([2H])[2H]. The molecular weight excluding hydrogens is 326 g/mol. The van der Waals surface area contributed by atoms with Crippen LogP contribution in [0.3, 0.4) is 0 Å². The third kappa shape index (κ3) is 5.09. The van der Waals surface area contributed by atoms with Crippen LogP contribution in [0.2, 0.25) is 0 Å². The summed E-state index contributed by atoms with van der Waals surface area (Å²) in [4.78, 5) is 15.8. The van der Waals surface area contributed by atoms with Crippen LogP contribution >= 0.6 is 0 Å². The fourth-order valence-corrected chi connectivity index (χ4v) is 2.05. The summed E-state index contributed by atoms with van der Waals surface area (Å²) < 4.78 is 146. The van der Waals surface area contributed by atoms with Gasteiger partial charge >= 0.3 is 5.97 Å². The summed E-state index contributed by atoms with van der Waals surface area (Å²) in [5, 5.41) is 4.52. The molecule has 0 heterocycles. The van der Waals surface area contributed by atoms with E-state index in [2.05, 4.69) is 16.9 Å². The van der Waals surface area contributed by atoms with Crippen LogP contribution < -0.4 is 0 Å². The molecule has 26 heavy (non-hydrogen) atoms. The standard InChI is InChI=1S/C22H31NO3/c1-3-23(4-2)17-11-12-18-26-21(24)22(25,19-13-7-5-8-14-19)20-15-9-6-10-16-20/h5,7-8,13-14,20,25H,3-4,6,9-10,15-18H2,1-2H3/i5D,6D2,7D,8D,9D2,10D2,13D,14D,15D2,16D2,20D,25D. The molecule has 1 fully saturated rings. The topological polar surface area (TPSA) is 49.8 Å². The van der Waals surface area contributed by atoms with Crippen LogP contribution in [0.15, 0.2) is 30.2 Å². The van der Waals surface area contributed by atoms with E-state index >= 15 is 0 Å². The maximum absolute atomic E-state index is 13.9. The van der Waals surface area contributed by atoms with Gasteiger partial charge in [-0.3, -0.25) is 4.90 Å². The first kappa shape index (κ1) is 7.30. The molecule has 0 bridgehead atoms. The van der Waals surface area contributed by atoms with Crippen molar-refractivity contribution in [1.82, 2.24) is 4.90 Å². The lowest BCUT2D eigenvalue weighted by molar-refractivity contribution is -0.174. The highest BCUT2D eigenvalue weighted by atomic mass is 16.5. The van der Waals surface area contributed by atoms with E-state index in [1.807, 2.05) is 18.7 Å². The molecule has 0 amide bonds. The first-order chi connectivity index (χ1) is 19.4. The van der Waals surface area contributed by atoms with Gasteiger partial charge in [0.25, 0.3) is 0 Å². The van der Waals surface area contributed by atoms with Crippen molar-refractivity contribution >= 4 is 5.97 Å². The summed E-state index contributed by atoms with van der Waals surface area (Å²) in [6.07, 6.45) is -21.0. The van der Waals surface area contributed by atoms with Gasteiger partial charge in [0.05, 0.1) is 13.4 Å². The Balaban J connectivity index is 3.10. The minimum atomic E-state index is -4.45. The number of carbonyl (C=O) groups excluding carboxylic acids is 1. The number of benzene rings is 1. The zero-order valence-electron chi connectivity index (χ0n) is 31.5. The lowest BCUT2D eigenvalue weighted by Gasteiger charge is -2.36. The second-order valence-electron chi connectivity index (χ2n) is 5.07. The van der Waals surface area contributed by atoms with Crippen LogP contribution in [0.1, 0.15) is 73.2 Å². The molecule has 142 valence electrons. The molecule has 0 spiro atoms. The van der Waals surface area contributed by atoms with E-state index in [-0.39, 0.29) is 6.54 Å². The van der Waals surface area contributed by atoms with Gasteiger partial charge in [-0.25, -0.2) is 4.79 Å². The Kier molecular flexibility index (Phi) is 2.90. The number of nitrogens with zero attached hydrogens (tertiary/aromatic N) is 1. The lowest BCUT2D eigenvalue weighted by Crippen LogP contribution is -2.45. The molecule has 0 radical (unpaired) electrons. The molecule has 1 N–H and O–H groups in total. The number of carbonyl (C=O) groups is 1. The summed E-state index contributed by atoms with van der Waals surface area (Å²) in [6, 6.07) is -6.24. The molecular formula is C22H31NO3. The Bertz CT molecular complexity index is 1260. The Morgan fingerprint density at radius 3 is 2.65 bits per heavy atom. The van der Waals surface area contributed by atoms with E-state index in [0.717, 1.165) is 0 Å². The van der Waals surface area contributed by atoms with Gasteiger partial charge in [-0.1, -0.05) is 75.0 Å². The molecule has 0 saturated heterocycles. The van der Waals surface area contributed by atoms with Crippen molar-refractivity contribution in [2.75, 3.05) is 26.2 Å². The average Bonchev–Trinajstić information content (AvgIpc) is 2.93. The Hall–Kier alpha value is -1.83. The minimum absolute atomic E-state index is 0.191. The van der Waals surface area contributed by atoms with Crippen molar-refractivity contribution in [1.29, 1.82) is 1.43 Å². The fraction of sp³-hybridized carbons (Fsp3) is 0.591. The molecule has 1 aliphatic carbocycles. The van der Waals surface area contributed by atoms with Crippen LogP contribution in [0.5, 0.6) is 0 Å². The molecule has 1 atom stereocenters. The highest BCUT2D eigenvalue weighted by Crippen LogP contribution is 2.40. The number of ether oxygens (including phenoxy) is 1. The highest BCUT2D eigenvalue weighted by molar-refractivity contribution is 5.81. The van der Waals surface area contributed by atoms with Gasteiger partial charge in [0.15, 0.2) is 12.2 Å². The zero-order valence-corrected chi connectivity index (χ0v) is 14.5. The second-order valence-corrected chi connectivity index (χ2v) is 5.07. The van der Waals surface area contributed by atoms with Gasteiger partial charge in [-0.15, -0.1) is 0 Å². The van der Waals surface area contributed by atoms with E-state index < -0.39 is 91.7 Å². The zero-order chi connectivity index (χ0) is 33.8. The average molecular weight is 375 g/mol. The van der Waals surface area contributed by atoms with Gasteiger partial charge in [0.2, 0.25) is 1.43 Å². The summed E-state index contributed by atoms with van der Waals surface area (Å²) in [6.45, 7) is 4.22. The van der Waals surface area contributed by atoms with Crippen LogP contribution in [0, 0.1) is 17.7 Å². The van der Waals surface area contributed by atoms with E-state index in [4.69, 9.17) is 26.7 Å². The predicted octanol–water partition coefficient (Wildman–Crippen LogP) is 3.34. The molecule has 0 aromatic heterocycles. The molecule has 4 nitrogen and oxygen atoms in total. The number of hydrogen-bond acceptors (Lipinski definition) is 4. The quantitative estimate of drug-likeness (QED) is 0.560. The monoisotopic (exact) mass is 374 g/mol. The van der Waals surface area contributed by atoms with Crippen molar-refractivity contribution in [2.24, 2.45) is 5.89 Å². The maximum atomic E-state index is 13.9. The Morgan fingerprint density at radius 2 is 2.04 bits per heavy atom. The predicted molar refractivity (Wildman–Crippen MR) is 103 cm³/mol. The molecule has 1 aromatic carbocycles. The van der Waals surface area contributed by atoms with E-state index in [9.17, 15) is 6.17 Å². The summed E-state index contributed by atoms with van der Waals surface area (Å²) in [5.74, 6) is -1.51. The molecule has 1 aromatic rings. The van der Waals surface area contributed by atoms with Crippen molar-refractivity contribution in [2.45, 2.75) is 51.3 Å². The second kappa shape index (κ2) is 10.4. The van der Waals surface area contributed by atoms with Crippen LogP contribution in [-0.4, -0.2) is 43.7 Å². The van der Waals surface area contributed by atoms with E-state index in [0.29, 0.717) is 13.1 Å². The van der Waals surface area contributed by atoms with Crippen LogP contribution in [0.4, 0.5) is 0 Å². The minimum Gasteiger partial charge on any atom is -0.450 e. The van der Waals surface area contributed by atoms with Gasteiger partial charge in [-0.05, 0) is 31.4 Å². The smallest absolute Gasteiger partial charge is 0.344 e. The third-order valence-electron chi connectivity index (χ3n) is 3.59. The number of esters is 1. The molecule has 4 heteroatoms. The third-order valence-corrected chi connectivity index (χ3v) is 3.59. The van der Waals surface area contributed by atoms with Crippen LogP contribution in [0.25, 0.3) is 0 Å². The van der Waals surface area contributed by atoms with Crippen molar-refractivity contribution in [3.05, 3.63) is 35.8 Å². The van der Waals surface area contributed by atoms with E-state index in [1.54, 1.807) is 0 Å². The summed E-state index contributed by atoms with van der Waals surface area (Å²) >= 11 is 0. The molecule has 0 aliphatic heterocycles. The Labute approximate surface area is 181 Å². The summed E-state index contributed by atoms with van der Waals surface area (Å²) in [7, 11) is 0. The summed E-state index contributed by atoms with van der Waals surface area (Å²) in [5.41, 5.74) is -5.68.